The summed E-state index contributed by atoms with van der Waals surface area (Å²) in [6.07, 6.45) is 6.51. The molecule has 0 N–H and O–H groups in total. The van der Waals surface area contributed by atoms with Gasteiger partial charge in [0.05, 0.1) is 16.5 Å². The zero-order chi connectivity index (χ0) is 24.5. The third-order valence-electron chi connectivity index (χ3n) is 6.41. The van der Waals surface area contributed by atoms with E-state index < -0.39 is 15.7 Å². The molecule has 1 aliphatic rings. The summed E-state index contributed by atoms with van der Waals surface area (Å²) in [5.41, 5.74) is 0.633. The smallest absolute Gasteiger partial charge is 0.175 e. The van der Waals surface area contributed by atoms with E-state index in [2.05, 4.69) is 45.6 Å². The summed E-state index contributed by atoms with van der Waals surface area (Å²) < 4.78 is 39.8. The lowest BCUT2D eigenvalue weighted by Gasteiger charge is -2.35. The van der Waals surface area contributed by atoms with Crippen LogP contribution in [-0.2, 0) is 9.84 Å². The summed E-state index contributed by atoms with van der Waals surface area (Å²) in [6.45, 7) is 11.7. The van der Waals surface area contributed by atoms with E-state index in [-0.39, 0.29) is 10.6 Å². The lowest BCUT2D eigenvalue weighted by molar-refractivity contribution is 0.169. The number of sulfone groups is 1. The number of anilines is 1. The number of aromatic nitrogens is 4. The van der Waals surface area contributed by atoms with Crippen LogP contribution in [0.4, 0.5) is 10.2 Å². The van der Waals surface area contributed by atoms with Gasteiger partial charge in [0, 0.05) is 25.9 Å². The second kappa shape index (κ2) is 9.95. The van der Waals surface area contributed by atoms with E-state index in [0.717, 1.165) is 69.1 Å². The van der Waals surface area contributed by atoms with Crippen LogP contribution < -0.4 is 4.90 Å². The van der Waals surface area contributed by atoms with Crippen LogP contribution in [-0.4, -0.2) is 72.0 Å². The minimum absolute atomic E-state index is 0.0721. The molecule has 184 valence electrons. The number of halogens is 1. The molecule has 0 spiro atoms. The summed E-state index contributed by atoms with van der Waals surface area (Å²) >= 11 is 0. The second-order valence-corrected chi connectivity index (χ2v) is 11.6. The highest BCUT2D eigenvalue weighted by molar-refractivity contribution is 7.90. The number of fused-ring (bicyclic) bond motifs is 1. The van der Waals surface area contributed by atoms with Gasteiger partial charge in [0.1, 0.15) is 23.6 Å². The van der Waals surface area contributed by atoms with Crippen molar-refractivity contribution >= 4 is 26.7 Å². The van der Waals surface area contributed by atoms with Crippen LogP contribution >= 0.6 is 0 Å². The van der Waals surface area contributed by atoms with Crippen molar-refractivity contribution in [2.45, 2.75) is 38.5 Å². The van der Waals surface area contributed by atoms with Crippen LogP contribution in [0.25, 0.3) is 16.7 Å². The first-order valence-corrected chi connectivity index (χ1v) is 13.7. The van der Waals surface area contributed by atoms with E-state index in [1.807, 2.05) is 0 Å². The van der Waals surface area contributed by atoms with E-state index in [1.54, 1.807) is 6.20 Å². The van der Waals surface area contributed by atoms with Crippen molar-refractivity contribution in [2.75, 3.05) is 43.9 Å². The molecule has 1 fully saturated rings. The monoisotopic (exact) mass is 488 g/mol. The van der Waals surface area contributed by atoms with Crippen LogP contribution in [0.3, 0.4) is 0 Å². The topological polar surface area (TPSA) is 84.2 Å². The molecule has 4 rings (SSSR count). The van der Waals surface area contributed by atoms with Gasteiger partial charge in [0.2, 0.25) is 0 Å². The molecule has 0 aliphatic carbocycles. The first kappa shape index (κ1) is 24.5. The Morgan fingerprint density at radius 2 is 1.94 bits per heavy atom. The highest BCUT2D eigenvalue weighted by Gasteiger charge is 2.24. The number of benzene rings is 1. The fourth-order valence-electron chi connectivity index (χ4n) is 4.70. The quantitative estimate of drug-likeness (QED) is 0.479. The van der Waals surface area contributed by atoms with Crippen LogP contribution in [0.2, 0.25) is 0 Å². The molecule has 1 saturated heterocycles. The first-order chi connectivity index (χ1) is 16.2. The minimum atomic E-state index is -3.50. The van der Waals surface area contributed by atoms with E-state index in [0.29, 0.717) is 17.5 Å². The van der Waals surface area contributed by atoms with Gasteiger partial charge < -0.3 is 9.80 Å². The molecular weight excluding hydrogens is 455 g/mol. The molecule has 0 unspecified atom stereocenters. The van der Waals surface area contributed by atoms with Gasteiger partial charge in [-0.2, -0.15) is 5.10 Å². The molecule has 8 nitrogen and oxygen atoms in total. The molecule has 0 bridgehead atoms. The van der Waals surface area contributed by atoms with Crippen molar-refractivity contribution in [1.29, 1.82) is 0 Å². The summed E-state index contributed by atoms with van der Waals surface area (Å²) in [4.78, 5) is 13.6. The zero-order valence-corrected chi connectivity index (χ0v) is 21.1. The van der Waals surface area contributed by atoms with Crippen molar-refractivity contribution < 1.29 is 12.8 Å². The van der Waals surface area contributed by atoms with Gasteiger partial charge in [-0.1, -0.05) is 13.8 Å². The van der Waals surface area contributed by atoms with Gasteiger partial charge in [-0.05, 0) is 62.9 Å². The number of nitrogens with zero attached hydrogens (tertiary/aromatic N) is 6. The van der Waals surface area contributed by atoms with Crippen molar-refractivity contribution in [3.63, 3.8) is 0 Å². The predicted octanol–water partition coefficient (Wildman–Crippen LogP) is 3.55. The molecule has 2 aromatic heterocycles. The number of rotatable bonds is 8. The Bertz CT molecular complexity index is 1250. The molecule has 34 heavy (non-hydrogen) atoms. The average Bonchev–Trinajstić information content (AvgIpc) is 3.22. The molecule has 0 radical (unpaired) electrons. The zero-order valence-electron chi connectivity index (χ0n) is 20.3. The van der Waals surface area contributed by atoms with Gasteiger partial charge in [-0.15, -0.1) is 0 Å². The van der Waals surface area contributed by atoms with Crippen LogP contribution in [0.5, 0.6) is 0 Å². The summed E-state index contributed by atoms with van der Waals surface area (Å²) in [5, 5.41) is 5.11. The lowest BCUT2D eigenvalue weighted by Crippen LogP contribution is -2.40. The minimum Gasteiger partial charge on any atom is -0.356 e. The number of piperidine rings is 1. The molecule has 1 aliphatic heterocycles. The number of hydrogen-bond donors (Lipinski definition) is 0. The standard InChI is InChI=1S/C24H33FN6O2S/c1-5-30(15-18-8-10-29(11-9-18)14-17(2)3)23-20-13-28-31(24(20)27-16-26-23)22-7-6-19(12-21(22)25)34(4,32)33/h6-7,12-13,16-18H,5,8-11,14-15H2,1-4H3. The average molecular weight is 489 g/mol. The second-order valence-electron chi connectivity index (χ2n) is 9.55. The van der Waals surface area contributed by atoms with Crippen LogP contribution in [0, 0.1) is 17.7 Å². The summed E-state index contributed by atoms with van der Waals surface area (Å²) in [7, 11) is -3.50. The molecule has 10 heteroatoms. The third kappa shape index (κ3) is 5.22. The molecule has 0 saturated carbocycles. The van der Waals surface area contributed by atoms with Gasteiger partial charge in [0.25, 0.3) is 0 Å². The van der Waals surface area contributed by atoms with E-state index in [4.69, 9.17) is 0 Å². The Morgan fingerprint density at radius 1 is 1.21 bits per heavy atom. The maximum Gasteiger partial charge on any atom is 0.175 e. The summed E-state index contributed by atoms with van der Waals surface area (Å²) in [6, 6.07) is 3.82. The summed E-state index contributed by atoms with van der Waals surface area (Å²) in [5.74, 6) is 1.39. The van der Waals surface area contributed by atoms with Gasteiger partial charge in [0.15, 0.2) is 15.5 Å². The Morgan fingerprint density at radius 3 is 2.56 bits per heavy atom. The van der Waals surface area contributed by atoms with Crippen LogP contribution in [0.15, 0.2) is 35.6 Å². The Labute approximate surface area is 200 Å². The maximum atomic E-state index is 14.8. The molecule has 3 heterocycles. The van der Waals surface area contributed by atoms with Crippen molar-refractivity contribution in [1.82, 2.24) is 24.6 Å². The molecule has 3 aromatic rings. The number of likely N-dealkylation sites (tertiary alicyclic amines) is 1. The third-order valence-corrected chi connectivity index (χ3v) is 7.52. The Kier molecular flexibility index (Phi) is 7.18. The van der Waals surface area contributed by atoms with Crippen molar-refractivity contribution in [2.24, 2.45) is 11.8 Å². The lowest BCUT2D eigenvalue weighted by atomic mass is 9.95. The van der Waals surface area contributed by atoms with Gasteiger partial charge in [-0.25, -0.2) is 27.5 Å². The highest BCUT2D eigenvalue weighted by atomic mass is 32.2. The molecule has 0 atom stereocenters. The van der Waals surface area contributed by atoms with E-state index in [9.17, 15) is 12.8 Å². The number of hydrogen-bond acceptors (Lipinski definition) is 7. The van der Waals surface area contributed by atoms with E-state index >= 15 is 0 Å². The Hall–Kier alpha value is -2.59. The SMILES string of the molecule is CCN(CC1CCN(CC(C)C)CC1)c1ncnc2c1cnn2-c1ccc(S(C)(=O)=O)cc1F. The predicted molar refractivity (Wildman–Crippen MR) is 132 cm³/mol. The molecule has 0 amide bonds. The van der Waals surface area contributed by atoms with Gasteiger partial charge in [-0.3, -0.25) is 0 Å². The van der Waals surface area contributed by atoms with Crippen molar-refractivity contribution in [3.05, 3.63) is 36.5 Å². The highest BCUT2D eigenvalue weighted by Crippen LogP contribution is 2.28. The fraction of sp³-hybridized carbons (Fsp3) is 0.542. The van der Waals surface area contributed by atoms with E-state index in [1.165, 1.54) is 23.1 Å². The first-order valence-electron chi connectivity index (χ1n) is 11.8. The largest absolute Gasteiger partial charge is 0.356 e. The van der Waals surface area contributed by atoms with Crippen LogP contribution in [0.1, 0.15) is 33.6 Å². The Balaban J connectivity index is 1.58. The van der Waals surface area contributed by atoms with Crippen molar-refractivity contribution in [3.8, 4) is 5.69 Å². The fourth-order valence-corrected chi connectivity index (χ4v) is 5.33. The maximum absolute atomic E-state index is 14.8. The molecule has 1 aromatic carbocycles. The van der Waals surface area contributed by atoms with Gasteiger partial charge >= 0.3 is 0 Å². The molecular formula is C24H33FN6O2S. The normalized spacial score (nSPS) is 15.9.